The molecular formula is C9H14BrNO5S. The molecule has 0 unspecified atom stereocenters. The molecule has 1 aromatic heterocycles. The van der Waals surface area contributed by atoms with Crippen molar-refractivity contribution in [1.29, 1.82) is 0 Å². The van der Waals surface area contributed by atoms with Crippen molar-refractivity contribution >= 4 is 26.0 Å². The normalized spacial score (nSPS) is 11.9. The van der Waals surface area contributed by atoms with Crippen molar-refractivity contribution < 1.29 is 22.7 Å². The van der Waals surface area contributed by atoms with E-state index in [1.54, 1.807) is 0 Å². The van der Waals surface area contributed by atoms with Crippen molar-refractivity contribution in [3.05, 3.63) is 16.5 Å². The van der Waals surface area contributed by atoms with Crippen molar-refractivity contribution in [2.24, 2.45) is 0 Å². The molecule has 98 valence electrons. The molecule has 6 nitrogen and oxygen atoms in total. The Bertz CT molecular complexity index is 456. The largest absolute Gasteiger partial charge is 0.450 e. The maximum atomic E-state index is 11.8. The number of aliphatic hydroxyl groups excluding tert-OH is 1. The van der Waals surface area contributed by atoms with Crippen LogP contribution in [0.3, 0.4) is 0 Å². The summed E-state index contributed by atoms with van der Waals surface area (Å²) >= 11 is 2.99. The van der Waals surface area contributed by atoms with E-state index in [2.05, 4.69) is 20.7 Å². The van der Waals surface area contributed by atoms with Crippen LogP contribution in [0.2, 0.25) is 0 Å². The van der Waals surface area contributed by atoms with Gasteiger partial charge in [0.25, 0.3) is 0 Å². The van der Waals surface area contributed by atoms with Gasteiger partial charge in [-0.2, -0.15) is 0 Å². The average Bonchev–Trinajstić information content (AvgIpc) is 2.67. The maximum Gasteiger partial charge on any atom is 0.245 e. The zero-order valence-corrected chi connectivity index (χ0v) is 11.7. The zero-order valence-electron chi connectivity index (χ0n) is 9.27. The SMILES string of the molecule is CCOCCNS(=O)(=O)c1cc(CO)oc1Br. The second kappa shape index (κ2) is 6.50. The number of aliphatic hydroxyl groups is 1. The molecular weight excluding hydrogens is 314 g/mol. The fourth-order valence-electron chi connectivity index (χ4n) is 1.13. The molecule has 17 heavy (non-hydrogen) atoms. The van der Waals surface area contributed by atoms with Gasteiger partial charge in [0.15, 0.2) is 4.67 Å². The van der Waals surface area contributed by atoms with E-state index in [-0.39, 0.29) is 28.5 Å². The Balaban J connectivity index is 2.72. The van der Waals surface area contributed by atoms with Gasteiger partial charge < -0.3 is 14.3 Å². The number of rotatable bonds is 7. The first-order chi connectivity index (χ1) is 8.01. The van der Waals surface area contributed by atoms with Gasteiger partial charge in [-0.3, -0.25) is 0 Å². The summed E-state index contributed by atoms with van der Waals surface area (Å²) in [6, 6.07) is 1.27. The van der Waals surface area contributed by atoms with Crippen molar-refractivity contribution in [2.45, 2.75) is 18.4 Å². The number of ether oxygens (including phenoxy) is 1. The second-order valence-corrected chi connectivity index (χ2v) is 5.56. The molecule has 1 aromatic rings. The van der Waals surface area contributed by atoms with Gasteiger partial charge in [-0.15, -0.1) is 0 Å². The third-order valence-electron chi connectivity index (χ3n) is 1.89. The molecule has 0 saturated heterocycles. The first-order valence-corrected chi connectivity index (χ1v) is 7.25. The summed E-state index contributed by atoms with van der Waals surface area (Å²) in [6.45, 7) is 2.49. The third kappa shape index (κ3) is 4.07. The van der Waals surface area contributed by atoms with Gasteiger partial charge in [0.2, 0.25) is 10.0 Å². The number of furan rings is 1. The standard InChI is InChI=1S/C9H14BrNO5S/c1-2-15-4-3-11-17(13,14)8-5-7(6-12)16-9(8)10/h5,11-12H,2-4,6H2,1H3. The summed E-state index contributed by atoms with van der Waals surface area (Å²) < 4.78 is 36.1. The lowest BCUT2D eigenvalue weighted by Crippen LogP contribution is -2.27. The monoisotopic (exact) mass is 327 g/mol. The Morgan fingerprint density at radius 1 is 1.59 bits per heavy atom. The summed E-state index contributed by atoms with van der Waals surface area (Å²) in [5.74, 6) is 0.182. The molecule has 0 fully saturated rings. The van der Waals surface area contributed by atoms with Gasteiger partial charge in [0.1, 0.15) is 17.3 Å². The van der Waals surface area contributed by atoms with E-state index in [0.717, 1.165) is 0 Å². The molecule has 0 bridgehead atoms. The molecule has 8 heteroatoms. The topological polar surface area (TPSA) is 88.8 Å². The van der Waals surface area contributed by atoms with Crippen LogP contribution >= 0.6 is 15.9 Å². The molecule has 1 rings (SSSR count). The van der Waals surface area contributed by atoms with E-state index in [1.807, 2.05) is 6.92 Å². The van der Waals surface area contributed by atoms with E-state index in [0.29, 0.717) is 13.2 Å². The summed E-state index contributed by atoms with van der Waals surface area (Å²) in [5.41, 5.74) is 0. The highest BCUT2D eigenvalue weighted by Crippen LogP contribution is 2.25. The van der Waals surface area contributed by atoms with E-state index in [9.17, 15) is 8.42 Å². The lowest BCUT2D eigenvalue weighted by atomic mass is 10.5. The minimum absolute atomic E-state index is 0.0296. The summed E-state index contributed by atoms with van der Waals surface area (Å²) in [6.07, 6.45) is 0. The van der Waals surface area contributed by atoms with E-state index in [4.69, 9.17) is 14.3 Å². The summed E-state index contributed by atoms with van der Waals surface area (Å²) in [7, 11) is -3.64. The number of halogens is 1. The van der Waals surface area contributed by atoms with Crippen LogP contribution in [0.1, 0.15) is 12.7 Å². The van der Waals surface area contributed by atoms with Gasteiger partial charge in [-0.05, 0) is 22.9 Å². The second-order valence-electron chi connectivity index (χ2n) is 3.10. The summed E-state index contributed by atoms with van der Waals surface area (Å²) in [4.78, 5) is -0.0296. The molecule has 2 N–H and O–H groups in total. The van der Waals surface area contributed by atoms with E-state index >= 15 is 0 Å². The van der Waals surface area contributed by atoms with Crippen LogP contribution in [-0.2, 0) is 21.4 Å². The van der Waals surface area contributed by atoms with Crippen LogP contribution in [0, 0.1) is 0 Å². The fraction of sp³-hybridized carbons (Fsp3) is 0.556. The predicted molar refractivity (Wildman–Crippen MR) is 64.0 cm³/mol. The predicted octanol–water partition coefficient (Wildman–Crippen LogP) is 0.849. The molecule has 0 amide bonds. The van der Waals surface area contributed by atoms with Crippen LogP contribution in [0.5, 0.6) is 0 Å². The Morgan fingerprint density at radius 3 is 2.82 bits per heavy atom. The highest BCUT2D eigenvalue weighted by Gasteiger charge is 2.21. The Morgan fingerprint density at radius 2 is 2.29 bits per heavy atom. The molecule has 0 aliphatic carbocycles. The van der Waals surface area contributed by atoms with Crippen LogP contribution in [-0.4, -0.2) is 33.3 Å². The quantitative estimate of drug-likeness (QED) is 0.725. The van der Waals surface area contributed by atoms with Crippen LogP contribution in [0.25, 0.3) is 0 Å². The highest BCUT2D eigenvalue weighted by atomic mass is 79.9. The molecule has 0 aliphatic heterocycles. The lowest BCUT2D eigenvalue weighted by Gasteiger charge is -2.04. The van der Waals surface area contributed by atoms with Crippen LogP contribution in [0.4, 0.5) is 0 Å². The van der Waals surface area contributed by atoms with Crippen molar-refractivity contribution in [2.75, 3.05) is 19.8 Å². The Labute approximate surface area is 108 Å². The molecule has 0 spiro atoms. The molecule has 0 aliphatic rings. The maximum absolute atomic E-state index is 11.8. The average molecular weight is 328 g/mol. The van der Waals surface area contributed by atoms with Gasteiger partial charge >= 0.3 is 0 Å². The van der Waals surface area contributed by atoms with Gasteiger partial charge in [0, 0.05) is 19.2 Å². The van der Waals surface area contributed by atoms with Crippen LogP contribution < -0.4 is 4.72 Å². The van der Waals surface area contributed by atoms with Gasteiger partial charge in [-0.1, -0.05) is 0 Å². The minimum Gasteiger partial charge on any atom is -0.450 e. The van der Waals surface area contributed by atoms with Crippen molar-refractivity contribution in [3.8, 4) is 0 Å². The van der Waals surface area contributed by atoms with Crippen molar-refractivity contribution in [3.63, 3.8) is 0 Å². The molecule has 0 atom stereocenters. The number of sulfonamides is 1. The van der Waals surface area contributed by atoms with E-state index in [1.165, 1.54) is 6.07 Å². The molecule has 0 saturated carbocycles. The lowest BCUT2D eigenvalue weighted by molar-refractivity contribution is 0.153. The van der Waals surface area contributed by atoms with E-state index < -0.39 is 10.0 Å². The summed E-state index contributed by atoms with van der Waals surface area (Å²) in [5, 5.41) is 8.84. The van der Waals surface area contributed by atoms with Crippen LogP contribution in [0.15, 0.2) is 20.0 Å². The van der Waals surface area contributed by atoms with Crippen molar-refractivity contribution in [1.82, 2.24) is 4.72 Å². The first kappa shape index (κ1) is 14.7. The fourth-order valence-corrected chi connectivity index (χ4v) is 3.14. The molecule has 0 radical (unpaired) electrons. The smallest absolute Gasteiger partial charge is 0.245 e. The first-order valence-electron chi connectivity index (χ1n) is 4.97. The Hall–Kier alpha value is -0.410. The van der Waals surface area contributed by atoms with Gasteiger partial charge in [-0.25, -0.2) is 13.1 Å². The number of hydrogen-bond donors (Lipinski definition) is 2. The number of hydrogen-bond acceptors (Lipinski definition) is 5. The molecule has 0 aromatic carbocycles. The third-order valence-corrected chi connectivity index (χ3v) is 4.21. The highest BCUT2D eigenvalue weighted by molar-refractivity contribution is 9.10. The number of nitrogens with one attached hydrogen (secondary N) is 1. The minimum atomic E-state index is -3.64. The zero-order chi connectivity index (χ0) is 12.9. The Kier molecular flexibility index (Phi) is 5.60. The molecule has 1 heterocycles. The van der Waals surface area contributed by atoms with Gasteiger partial charge in [0.05, 0.1) is 6.61 Å².